The Bertz CT molecular complexity index is 1250. The fourth-order valence-electron chi connectivity index (χ4n) is 2.86. The summed E-state index contributed by atoms with van der Waals surface area (Å²) in [6.45, 7) is 1.44. The van der Waals surface area contributed by atoms with Crippen LogP contribution in [0.15, 0.2) is 60.7 Å². The Balaban J connectivity index is -0.000000246. The number of aryl methyl sites for hydroxylation is 1. The van der Waals surface area contributed by atoms with Crippen LogP contribution in [-0.4, -0.2) is 67.3 Å². The number of phenolic OH excluding ortho intramolecular Hbond substituents is 3. The smallest absolute Gasteiger partial charge is 0.870 e. The molecule has 12 heteroatoms. The molecule has 0 atom stereocenters. The number of rotatable bonds is 9. The molecule has 3 aromatic rings. The third kappa shape index (κ3) is 16.8. The molecular formula is C30H37NaO11. The van der Waals surface area contributed by atoms with Crippen molar-refractivity contribution in [2.75, 3.05) is 21.3 Å². The van der Waals surface area contributed by atoms with Crippen molar-refractivity contribution in [3.05, 3.63) is 77.4 Å². The van der Waals surface area contributed by atoms with Crippen LogP contribution in [0.25, 0.3) is 6.08 Å². The number of allylic oxidation sites excluding steroid dienone is 1. The van der Waals surface area contributed by atoms with Crippen LogP contribution in [0.1, 0.15) is 36.3 Å². The van der Waals surface area contributed by atoms with E-state index in [1.165, 1.54) is 46.5 Å². The minimum Gasteiger partial charge on any atom is -0.870 e. The van der Waals surface area contributed by atoms with Gasteiger partial charge in [0, 0.05) is 13.4 Å². The number of carbonyl (C=O) groups is 4. The molecule has 4 N–H and O–H groups in total. The number of aromatic hydroxyl groups is 3. The molecule has 0 spiro atoms. The van der Waals surface area contributed by atoms with E-state index in [4.69, 9.17) is 24.1 Å². The molecule has 0 aliphatic carbocycles. The SMILES string of the molecule is CC=O.COc1ccc(/C=C/C=O)cc1O.COc1ccc(C=O)cc1O.COc1ccc(CCC=O)cc1O.[HH].[Na+].[OH-]. The zero-order chi connectivity index (χ0) is 30.3. The van der Waals surface area contributed by atoms with E-state index in [-0.39, 0.29) is 53.7 Å². The Morgan fingerprint density at radius 3 is 1.52 bits per heavy atom. The van der Waals surface area contributed by atoms with E-state index in [0.717, 1.165) is 23.7 Å². The standard InChI is InChI=1S/C10H12O3.C10H10O3.C8H8O3.C2H4O.Na.H2O.H2/c2*1-13-10-5-4-8(3-2-6-11)7-9(10)12;1-11-8-3-2-6(5-9)4-7(8)10;1-2-3;;;/h4-7,12H,2-3H2,1H3;2-7,12H,1H3;2-5,10H,1H3;2H,1H3;;1H2;1H/q;;;;+1;;/p-1/b;3-2+;;;;;. The van der Waals surface area contributed by atoms with Crippen LogP contribution in [0.3, 0.4) is 0 Å². The van der Waals surface area contributed by atoms with Crippen LogP contribution in [0, 0.1) is 0 Å². The molecule has 3 rings (SSSR count). The average Bonchev–Trinajstić information content (AvgIpc) is 2.96. The van der Waals surface area contributed by atoms with Gasteiger partial charge in [-0.15, -0.1) is 0 Å². The Morgan fingerprint density at radius 2 is 1.14 bits per heavy atom. The summed E-state index contributed by atoms with van der Waals surface area (Å²) in [6.07, 6.45) is 7.06. The van der Waals surface area contributed by atoms with Crippen molar-refractivity contribution >= 4 is 31.2 Å². The third-order valence-electron chi connectivity index (χ3n) is 4.70. The second kappa shape index (κ2) is 25.8. The van der Waals surface area contributed by atoms with Crippen molar-refractivity contribution in [2.24, 2.45) is 0 Å². The zero-order valence-electron chi connectivity index (χ0n) is 24.2. The third-order valence-corrected chi connectivity index (χ3v) is 4.70. The van der Waals surface area contributed by atoms with Gasteiger partial charge in [-0.2, -0.15) is 0 Å². The van der Waals surface area contributed by atoms with Gasteiger partial charge >= 0.3 is 29.6 Å². The second-order valence-electron chi connectivity index (χ2n) is 7.42. The molecule has 0 unspecified atom stereocenters. The van der Waals surface area contributed by atoms with Crippen LogP contribution in [0.5, 0.6) is 34.5 Å². The van der Waals surface area contributed by atoms with Crippen LogP contribution in [-0.2, 0) is 20.8 Å². The summed E-state index contributed by atoms with van der Waals surface area (Å²) in [5, 5.41) is 27.9. The van der Waals surface area contributed by atoms with Gasteiger partial charge in [-0.1, -0.05) is 18.2 Å². The molecule has 0 amide bonds. The van der Waals surface area contributed by atoms with Gasteiger partial charge in [0.05, 0.1) is 21.3 Å². The summed E-state index contributed by atoms with van der Waals surface area (Å²) in [5.74, 6) is 1.41. The molecule has 0 radical (unpaired) electrons. The minimum absolute atomic E-state index is 0. The molecule has 0 bridgehead atoms. The number of benzene rings is 3. The molecule has 42 heavy (non-hydrogen) atoms. The summed E-state index contributed by atoms with van der Waals surface area (Å²) in [6, 6.07) is 14.5. The van der Waals surface area contributed by atoms with Crippen LogP contribution in [0.2, 0.25) is 0 Å². The fraction of sp³-hybridized carbons (Fsp3) is 0.200. The molecule has 0 saturated carbocycles. The quantitative estimate of drug-likeness (QED) is 0.185. The fourth-order valence-corrected chi connectivity index (χ4v) is 2.86. The van der Waals surface area contributed by atoms with Crippen molar-refractivity contribution in [3.63, 3.8) is 0 Å². The average molecular weight is 597 g/mol. The normalized spacial score (nSPS) is 8.86. The first-order valence-corrected chi connectivity index (χ1v) is 11.7. The predicted octanol–water partition coefficient (Wildman–Crippen LogP) is 1.64. The molecule has 11 nitrogen and oxygen atoms in total. The van der Waals surface area contributed by atoms with E-state index >= 15 is 0 Å². The van der Waals surface area contributed by atoms with E-state index in [0.29, 0.717) is 48.2 Å². The number of ether oxygens (including phenoxy) is 3. The van der Waals surface area contributed by atoms with Gasteiger partial charge < -0.3 is 44.6 Å². The van der Waals surface area contributed by atoms with Gasteiger partial charge in [-0.3, -0.25) is 9.59 Å². The topological polar surface area (TPSA) is 187 Å². The van der Waals surface area contributed by atoms with Gasteiger partial charge in [0.25, 0.3) is 0 Å². The number of phenols is 3. The zero-order valence-corrected chi connectivity index (χ0v) is 26.2. The summed E-state index contributed by atoms with van der Waals surface area (Å²) in [7, 11) is 4.44. The number of aldehydes is 4. The van der Waals surface area contributed by atoms with Gasteiger partial charge in [-0.25, -0.2) is 0 Å². The first-order valence-electron chi connectivity index (χ1n) is 11.7. The van der Waals surface area contributed by atoms with Crippen LogP contribution >= 0.6 is 0 Å². The Labute approximate surface area is 268 Å². The first-order chi connectivity index (χ1) is 19.2. The van der Waals surface area contributed by atoms with Gasteiger partial charge in [0.2, 0.25) is 0 Å². The predicted molar refractivity (Wildman–Crippen MR) is 155 cm³/mol. The number of methoxy groups -OCH3 is 3. The largest absolute Gasteiger partial charge is 1.00 e. The van der Waals surface area contributed by atoms with Crippen molar-refractivity contribution in [3.8, 4) is 34.5 Å². The maximum Gasteiger partial charge on any atom is 1.00 e. The van der Waals surface area contributed by atoms with Gasteiger partial charge in [0.1, 0.15) is 25.1 Å². The molecule has 0 saturated heterocycles. The van der Waals surface area contributed by atoms with E-state index in [1.54, 1.807) is 42.5 Å². The molecule has 3 aromatic carbocycles. The second-order valence-corrected chi connectivity index (χ2v) is 7.42. The maximum absolute atomic E-state index is 10.2. The number of carbonyl (C=O) groups excluding carboxylic acids is 4. The monoisotopic (exact) mass is 596 g/mol. The number of hydrogen-bond donors (Lipinski definition) is 3. The van der Waals surface area contributed by atoms with Crippen molar-refractivity contribution < 1.29 is 85.2 Å². The minimum atomic E-state index is -0.0166. The summed E-state index contributed by atoms with van der Waals surface area (Å²) >= 11 is 0. The van der Waals surface area contributed by atoms with Gasteiger partial charge in [-0.05, 0) is 73.0 Å². The Hall–Kier alpha value is -4.16. The molecule has 0 fully saturated rings. The van der Waals surface area contributed by atoms with E-state index < -0.39 is 0 Å². The van der Waals surface area contributed by atoms with E-state index in [1.807, 2.05) is 6.07 Å². The Morgan fingerprint density at radius 1 is 0.714 bits per heavy atom. The molecular weight excluding hydrogens is 559 g/mol. The van der Waals surface area contributed by atoms with Gasteiger partial charge in [0.15, 0.2) is 34.5 Å². The molecule has 0 aliphatic rings. The van der Waals surface area contributed by atoms with Crippen molar-refractivity contribution in [2.45, 2.75) is 19.8 Å². The molecule has 0 aromatic heterocycles. The summed E-state index contributed by atoms with van der Waals surface area (Å²) < 4.78 is 14.5. The number of hydrogen-bond acceptors (Lipinski definition) is 11. The molecule has 0 heterocycles. The maximum atomic E-state index is 10.2. The summed E-state index contributed by atoms with van der Waals surface area (Å²) in [4.78, 5) is 39.1. The van der Waals surface area contributed by atoms with Crippen LogP contribution in [0.4, 0.5) is 0 Å². The van der Waals surface area contributed by atoms with Crippen molar-refractivity contribution in [1.82, 2.24) is 0 Å². The Kier molecular flexibility index (Phi) is 26.0. The van der Waals surface area contributed by atoms with E-state index in [9.17, 15) is 24.6 Å². The van der Waals surface area contributed by atoms with Crippen molar-refractivity contribution in [1.29, 1.82) is 0 Å². The van der Waals surface area contributed by atoms with E-state index in [2.05, 4.69) is 0 Å². The molecule has 224 valence electrons. The summed E-state index contributed by atoms with van der Waals surface area (Å²) in [5.41, 5.74) is 2.12. The van der Waals surface area contributed by atoms with Crippen LogP contribution < -0.4 is 43.8 Å². The first kappa shape index (κ1) is 42.3. The molecule has 0 aliphatic heterocycles.